The van der Waals surface area contributed by atoms with Gasteiger partial charge in [0.15, 0.2) is 0 Å². The first-order chi connectivity index (χ1) is 10.0. The Labute approximate surface area is 125 Å². The van der Waals surface area contributed by atoms with Crippen molar-refractivity contribution in [3.05, 3.63) is 40.9 Å². The average Bonchev–Trinajstić information content (AvgIpc) is 2.84. The number of nitrogens with one attached hydrogen (secondary N) is 1. The topological polar surface area (TPSA) is 76.2 Å². The molecule has 0 fully saturated rings. The Balaban J connectivity index is 1.72. The smallest absolute Gasteiger partial charge is 0.322 e. The minimum absolute atomic E-state index is 0.0336. The number of halogens is 2. The number of rotatable bonds is 1. The zero-order valence-corrected chi connectivity index (χ0v) is 11.8. The van der Waals surface area contributed by atoms with Crippen molar-refractivity contribution in [3.63, 3.8) is 0 Å². The molecule has 1 aliphatic heterocycles. The standard InChI is InChI=1S/C13H13ClFN5O/c14-9-5-8(1-2-10(9)15)18-13(21)19-3-4-20-12(7-19)11(16)6-17-20/h1-2,5-6H,3-4,7,16H2,(H,18,21). The number of hydrogen-bond donors (Lipinski definition) is 2. The zero-order chi connectivity index (χ0) is 15.0. The van der Waals surface area contributed by atoms with Gasteiger partial charge in [0.1, 0.15) is 5.82 Å². The van der Waals surface area contributed by atoms with E-state index in [1.54, 1.807) is 15.8 Å². The maximum Gasteiger partial charge on any atom is 0.322 e. The summed E-state index contributed by atoms with van der Waals surface area (Å²) < 4.78 is 14.9. The largest absolute Gasteiger partial charge is 0.396 e. The Bertz CT molecular complexity index is 702. The van der Waals surface area contributed by atoms with Crippen LogP contribution < -0.4 is 11.1 Å². The van der Waals surface area contributed by atoms with Gasteiger partial charge in [-0.25, -0.2) is 9.18 Å². The molecule has 110 valence electrons. The highest BCUT2D eigenvalue weighted by atomic mass is 35.5. The van der Waals surface area contributed by atoms with Crippen LogP contribution in [0.15, 0.2) is 24.4 Å². The molecule has 6 nitrogen and oxygen atoms in total. The van der Waals surface area contributed by atoms with E-state index in [0.717, 1.165) is 5.69 Å². The van der Waals surface area contributed by atoms with Gasteiger partial charge in [0.25, 0.3) is 0 Å². The second kappa shape index (κ2) is 5.25. The predicted molar refractivity (Wildman–Crippen MR) is 77.5 cm³/mol. The van der Waals surface area contributed by atoms with Crippen LogP contribution in [-0.2, 0) is 13.1 Å². The number of nitrogen functional groups attached to an aromatic ring is 1. The fraction of sp³-hybridized carbons (Fsp3) is 0.231. The van der Waals surface area contributed by atoms with Gasteiger partial charge in [0.2, 0.25) is 0 Å². The third-order valence-corrected chi connectivity index (χ3v) is 3.65. The first-order valence-corrected chi connectivity index (χ1v) is 6.73. The SMILES string of the molecule is Nc1cnn2c1CN(C(=O)Nc1ccc(F)c(Cl)c1)CC2. The number of carbonyl (C=O) groups excluding carboxylic acids is 1. The van der Waals surface area contributed by atoms with Crippen LogP contribution in [0.4, 0.5) is 20.6 Å². The molecular formula is C13H13ClFN5O. The fourth-order valence-electron chi connectivity index (χ4n) is 2.22. The van der Waals surface area contributed by atoms with Crippen LogP contribution in [0.1, 0.15) is 5.69 Å². The van der Waals surface area contributed by atoms with Gasteiger partial charge in [-0.2, -0.15) is 5.10 Å². The molecule has 0 radical (unpaired) electrons. The maximum absolute atomic E-state index is 13.1. The van der Waals surface area contributed by atoms with Gasteiger partial charge in [-0.3, -0.25) is 4.68 Å². The zero-order valence-electron chi connectivity index (χ0n) is 11.0. The molecule has 0 spiro atoms. The summed E-state index contributed by atoms with van der Waals surface area (Å²) in [6.07, 6.45) is 1.58. The van der Waals surface area contributed by atoms with Crippen molar-refractivity contribution in [2.45, 2.75) is 13.1 Å². The van der Waals surface area contributed by atoms with Crippen LogP contribution in [0.5, 0.6) is 0 Å². The van der Waals surface area contributed by atoms with E-state index in [1.807, 2.05) is 0 Å². The summed E-state index contributed by atoms with van der Waals surface area (Å²) in [4.78, 5) is 13.8. The second-order valence-electron chi connectivity index (χ2n) is 4.75. The van der Waals surface area contributed by atoms with Crippen LogP contribution in [0.25, 0.3) is 0 Å². The fourth-order valence-corrected chi connectivity index (χ4v) is 2.40. The first-order valence-electron chi connectivity index (χ1n) is 6.36. The molecular weight excluding hydrogens is 297 g/mol. The summed E-state index contributed by atoms with van der Waals surface area (Å²) in [5.41, 5.74) is 7.64. The summed E-state index contributed by atoms with van der Waals surface area (Å²) >= 11 is 5.69. The molecule has 1 aromatic heterocycles. The normalized spacial score (nSPS) is 13.9. The van der Waals surface area contributed by atoms with Gasteiger partial charge in [-0.1, -0.05) is 11.6 Å². The first kappa shape index (κ1) is 13.7. The van der Waals surface area contributed by atoms with E-state index in [-0.39, 0.29) is 11.1 Å². The van der Waals surface area contributed by atoms with Gasteiger partial charge in [0, 0.05) is 12.2 Å². The molecule has 2 amide bonds. The lowest BCUT2D eigenvalue weighted by molar-refractivity contribution is 0.195. The molecule has 2 aromatic rings. The Morgan fingerprint density at radius 1 is 1.43 bits per heavy atom. The number of carbonyl (C=O) groups is 1. The Kier molecular flexibility index (Phi) is 3.42. The summed E-state index contributed by atoms with van der Waals surface area (Å²) in [5, 5.41) is 6.78. The molecule has 3 N–H and O–H groups in total. The van der Waals surface area contributed by atoms with Crippen molar-refractivity contribution in [1.29, 1.82) is 0 Å². The van der Waals surface area contributed by atoms with Gasteiger partial charge >= 0.3 is 6.03 Å². The quantitative estimate of drug-likeness (QED) is 0.848. The van der Waals surface area contributed by atoms with E-state index in [4.69, 9.17) is 17.3 Å². The van der Waals surface area contributed by atoms with Gasteiger partial charge in [0.05, 0.1) is 35.7 Å². The molecule has 0 unspecified atom stereocenters. The molecule has 21 heavy (non-hydrogen) atoms. The lowest BCUT2D eigenvalue weighted by Crippen LogP contribution is -2.41. The molecule has 1 aliphatic rings. The molecule has 1 aromatic carbocycles. The number of hydrogen-bond acceptors (Lipinski definition) is 3. The molecule has 8 heteroatoms. The van der Waals surface area contributed by atoms with E-state index in [9.17, 15) is 9.18 Å². The van der Waals surface area contributed by atoms with E-state index in [1.165, 1.54) is 18.2 Å². The second-order valence-corrected chi connectivity index (χ2v) is 5.16. The van der Waals surface area contributed by atoms with E-state index in [0.29, 0.717) is 31.0 Å². The van der Waals surface area contributed by atoms with Crippen molar-refractivity contribution in [1.82, 2.24) is 14.7 Å². The Morgan fingerprint density at radius 2 is 2.24 bits per heavy atom. The summed E-state index contributed by atoms with van der Waals surface area (Å²) in [6, 6.07) is 3.75. The van der Waals surface area contributed by atoms with Crippen molar-refractivity contribution in [2.75, 3.05) is 17.6 Å². The van der Waals surface area contributed by atoms with Gasteiger partial charge in [-0.15, -0.1) is 0 Å². The van der Waals surface area contributed by atoms with Crippen LogP contribution >= 0.6 is 11.6 Å². The molecule has 0 bridgehead atoms. The summed E-state index contributed by atoms with van der Waals surface area (Å²) in [7, 11) is 0. The van der Waals surface area contributed by atoms with E-state index in [2.05, 4.69) is 10.4 Å². The minimum atomic E-state index is -0.524. The molecule has 3 rings (SSSR count). The van der Waals surface area contributed by atoms with Gasteiger partial charge < -0.3 is 16.0 Å². The molecule has 0 aliphatic carbocycles. The van der Waals surface area contributed by atoms with Crippen molar-refractivity contribution in [2.24, 2.45) is 0 Å². The molecule has 0 saturated carbocycles. The minimum Gasteiger partial charge on any atom is -0.396 e. The molecule has 0 atom stereocenters. The lowest BCUT2D eigenvalue weighted by atomic mass is 10.3. The Hall–Kier alpha value is -2.28. The number of nitrogens with zero attached hydrogens (tertiary/aromatic N) is 3. The van der Waals surface area contributed by atoms with Crippen LogP contribution in [0, 0.1) is 5.82 Å². The van der Waals surface area contributed by atoms with Crippen molar-refractivity contribution in [3.8, 4) is 0 Å². The Morgan fingerprint density at radius 3 is 3.00 bits per heavy atom. The molecule has 2 heterocycles. The highest BCUT2D eigenvalue weighted by Crippen LogP contribution is 2.21. The number of amides is 2. The number of anilines is 2. The van der Waals surface area contributed by atoms with Crippen LogP contribution in [0.2, 0.25) is 5.02 Å². The van der Waals surface area contributed by atoms with Crippen molar-refractivity contribution < 1.29 is 9.18 Å². The highest BCUT2D eigenvalue weighted by molar-refractivity contribution is 6.31. The molecule has 0 saturated heterocycles. The third-order valence-electron chi connectivity index (χ3n) is 3.36. The average molecular weight is 310 g/mol. The number of fused-ring (bicyclic) bond motifs is 1. The summed E-state index contributed by atoms with van der Waals surface area (Å²) in [6.45, 7) is 1.49. The third kappa shape index (κ3) is 2.64. The monoisotopic (exact) mass is 309 g/mol. The predicted octanol–water partition coefficient (Wildman–Crippen LogP) is 2.31. The number of nitrogens with two attached hydrogens (primary N) is 1. The van der Waals surface area contributed by atoms with E-state index < -0.39 is 5.82 Å². The summed E-state index contributed by atoms with van der Waals surface area (Å²) in [5.74, 6) is -0.524. The van der Waals surface area contributed by atoms with E-state index >= 15 is 0 Å². The number of benzene rings is 1. The van der Waals surface area contributed by atoms with Gasteiger partial charge in [-0.05, 0) is 18.2 Å². The number of aromatic nitrogens is 2. The van der Waals surface area contributed by atoms with Crippen LogP contribution in [-0.4, -0.2) is 27.3 Å². The number of urea groups is 1. The lowest BCUT2D eigenvalue weighted by Gasteiger charge is -2.28. The highest BCUT2D eigenvalue weighted by Gasteiger charge is 2.23. The van der Waals surface area contributed by atoms with Crippen molar-refractivity contribution >= 4 is 29.0 Å². The van der Waals surface area contributed by atoms with Crippen LogP contribution in [0.3, 0.4) is 0 Å². The maximum atomic E-state index is 13.1.